The molecule has 0 saturated heterocycles. The molecule has 0 aliphatic rings. The van der Waals surface area contributed by atoms with Gasteiger partial charge in [-0.1, -0.05) is 35.3 Å². The lowest BCUT2D eigenvalue weighted by molar-refractivity contribution is 0.693. The van der Waals surface area contributed by atoms with Gasteiger partial charge in [0.15, 0.2) is 0 Å². The van der Waals surface area contributed by atoms with E-state index in [0.717, 1.165) is 17.1 Å². The minimum atomic E-state index is 0.703. The van der Waals surface area contributed by atoms with Crippen molar-refractivity contribution >= 4 is 28.9 Å². The molecule has 0 unspecified atom stereocenters. The first-order valence-electron chi connectivity index (χ1n) is 6.47. The molecule has 0 bridgehead atoms. The van der Waals surface area contributed by atoms with Crippen molar-refractivity contribution in [2.75, 3.05) is 19.0 Å². The Morgan fingerprint density at radius 2 is 1.65 bits per heavy atom. The largest absolute Gasteiger partial charge is 0.378 e. The van der Waals surface area contributed by atoms with Crippen LogP contribution in [0, 0.1) is 0 Å². The van der Waals surface area contributed by atoms with Crippen molar-refractivity contribution in [1.82, 2.24) is 5.32 Å². The summed E-state index contributed by atoms with van der Waals surface area (Å²) in [7, 11) is 4.07. The van der Waals surface area contributed by atoms with Gasteiger partial charge >= 0.3 is 0 Å². The Bertz CT molecular complexity index is 565. The molecule has 1 N–H and O–H groups in total. The van der Waals surface area contributed by atoms with E-state index in [0.29, 0.717) is 11.6 Å². The first kappa shape index (κ1) is 15.2. The quantitative estimate of drug-likeness (QED) is 0.883. The second-order valence-electron chi connectivity index (χ2n) is 4.90. The topological polar surface area (TPSA) is 15.3 Å². The highest BCUT2D eigenvalue weighted by Gasteiger charge is 2.01. The number of hydrogen-bond acceptors (Lipinski definition) is 2. The minimum absolute atomic E-state index is 0.703. The minimum Gasteiger partial charge on any atom is -0.378 e. The Kier molecular flexibility index (Phi) is 5.30. The van der Waals surface area contributed by atoms with Crippen LogP contribution < -0.4 is 10.2 Å². The van der Waals surface area contributed by atoms with Gasteiger partial charge in [-0.3, -0.25) is 0 Å². The molecule has 0 amide bonds. The van der Waals surface area contributed by atoms with Crippen molar-refractivity contribution in [3.05, 3.63) is 63.6 Å². The molecular formula is C16H18Cl2N2. The molecule has 0 aliphatic heterocycles. The summed E-state index contributed by atoms with van der Waals surface area (Å²) in [6.45, 7) is 1.51. The van der Waals surface area contributed by atoms with Crippen LogP contribution in [0.15, 0.2) is 42.5 Å². The van der Waals surface area contributed by atoms with Gasteiger partial charge in [-0.2, -0.15) is 0 Å². The molecule has 2 aromatic carbocycles. The van der Waals surface area contributed by atoms with E-state index in [-0.39, 0.29) is 0 Å². The number of hydrogen-bond donors (Lipinski definition) is 1. The zero-order valence-corrected chi connectivity index (χ0v) is 13.2. The summed E-state index contributed by atoms with van der Waals surface area (Å²) in [6.07, 6.45) is 0. The summed E-state index contributed by atoms with van der Waals surface area (Å²) in [4.78, 5) is 2.09. The molecule has 0 heterocycles. The average Bonchev–Trinajstić information content (AvgIpc) is 2.43. The fourth-order valence-corrected chi connectivity index (χ4v) is 2.31. The van der Waals surface area contributed by atoms with Crippen LogP contribution in [-0.2, 0) is 13.1 Å². The van der Waals surface area contributed by atoms with E-state index < -0.39 is 0 Å². The summed E-state index contributed by atoms with van der Waals surface area (Å²) in [5, 5.41) is 4.83. The second kappa shape index (κ2) is 6.98. The van der Waals surface area contributed by atoms with Crippen LogP contribution in [0.2, 0.25) is 10.0 Å². The van der Waals surface area contributed by atoms with Crippen molar-refractivity contribution in [2.24, 2.45) is 0 Å². The Labute approximate surface area is 130 Å². The fourth-order valence-electron chi connectivity index (χ4n) is 1.93. The third-order valence-electron chi connectivity index (χ3n) is 3.11. The van der Waals surface area contributed by atoms with E-state index in [1.807, 2.05) is 26.2 Å². The van der Waals surface area contributed by atoms with Crippen LogP contribution in [-0.4, -0.2) is 14.1 Å². The Morgan fingerprint density at radius 1 is 0.950 bits per heavy atom. The summed E-state index contributed by atoms with van der Waals surface area (Å²) >= 11 is 12.1. The molecular weight excluding hydrogens is 291 g/mol. The first-order chi connectivity index (χ1) is 9.56. The maximum Gasteiger partial charge on any atom is 0.0451 e. The van der Waals surface area contributed by atoms with Crippen molar-refractivity contribution in [2.45, 2.75) is 13.1 Å². The molecule has 2 nitrogen and oxygen atoms in total. The maximum atomic E-state index is 6.13. The molecule has 0 aromatic heterocycles. The summed E-state index contributed by atoms with van der Waals surface area (Å²) in [5.74, 6) is 0. The molecule has 0 saturated carbocycles. The third-order valence-corrected chi connectivity index (χ3v) is 3.71. The van der Waals surface area contributed by atoms with Crippen molar-refractivity contribution < 1.29 is 0 Å². The first-order valence-corrected chi connectivity index (χ1v) is 7.23. The van der Waals surface area contributed by atoms with Crippen LogP contribution in [0.1, 0.15) is 11.1 Å². The zero-order chi connectivity index (χ0) is 14.5. The Hall–Kier alpha value is -1.22. The number of halogens is 2. The zero-order valence-electron chi connectivity index (χ0n) is 11.7. The van der Waals surface area contributed by atoms with Gasteiger partial charge in [0, 0.05) is 42.9 Å². The van der Waals surface area contributed by atoms with Crippen LogP contribution >= 0.6 is 23.2 Å². The van der Waals surface area contributed by atoms with Crippen molar-refractivity contribution in [3.63, 3.8) is 0 Å². The van der Waals surface area contributed by atoms with Gasteiger partial charge in [-0.15, -0.1) is 0 Å². The highest BCUT2D eigenvalue weighted by atomic mass is 35.5. The molecule has 106 valence electrons. The van der Waals surface area contributed by atoms with Crippen molar-refractivity contribution in [1.29, 1.82) is 0 Å². The number of nitrogens with one attached hydrogen (secondary N) is 1. The molecule has 0 fully saturated rings. The highest BCUT2D eigenvalue weighted by molar-refractivity contribution is 6.33. The molecule has 2 aromatic rings. The number of nitrogens with zero attached hydrogens (tertiary/aromatic N) is 1. The van der Waals surface area contributed by atoms with Crippen LogP contribution in [0.5, 0.6) is 0 Å². The van der Waals surface area contributed by atoms with E-state index in [9.17, 15) is 0 Å². The molecule has 0 aliphatic carbocycles. The van der Waals surface area contributed by atoms with Gasteiger partial charge in [0.05, 0.1) is 0 Å². The van der Waals surface area contributed by atoms with E-state index in [1.165, 1.54) is 11.3 Å². The fraction of sp³-hybridized carbons (Fsp3) is 0.250. The smallest absolute Gasteiger partial charge is 0.0451 e. The Balaban J connectivity index is 1.91. The molecule has 0 radical (unpaired) electrons. The summed E-state index contributed by atoms with van der Waals surface area (Å²) in [5.41, 5.74) is 3.46. The van der Waals surface area contributed by atoms with E-state index in [4.69, 9.17) is 23.2 Å². The van der Waals surface area contributed by atoms with Gasteiger partial charge in [0.2, 0.25) is 0 Å². The van der Waals surface area contributed by atoms with E-state index >= 15 is 0 Å². The third kappa shape index (κ3) is 4.14. The van der Waals surface area contributed by atoms with Gasteiger partial charge in [0.25, 0.3) is 0 Å². The number of rotatable bonds is 5. The summed E-state index contributed by atoms with van der Waals surface area (Å²) < 4.78 is 0. The standard InChI is InChI=1S/C16H18Cl2N2/c1-20(2)15-6-3-12(4-7-15)10-19-11-13-9-14(17)5-8-16(13)18/h3-9,19H,10-11H2,1-2H3. The molecule has 0 spiro atoms. The molecule has 4 heteroatoms. The van der Waals surface area contributed by atoms with Crippen LogP contribution in [0.4, 0.5) is 5.69 Å². The van der Waals surface area contributed by atoms with E-state index in [2.05, 4.69) is 34.5 Å². The monoisotopic (exact) mass is 308 g/mol. The SMILES string of the molecule is CN(C)c1ccc(CNCc2cc(Cl)ccc2Cl)cc1. The Morgan fingerprint density at radius 3 is 2.30 bits per heavy atom. The lowest BCUT2D eigenvalue weighted by Gasteiger charge is -2.13. The second-order valence-corrected chi connectivity index (χ2v) is 5.74. The predicted octanol–water partition coefficient (Wildman–Crippen LogP) is 4.35. The normalized spacial score (nSPS) is 10.6. The lowest BCUT2D eigenvalue weighted by Crippen LogP contribution is -2.13. The lowest BCUT2D eigenvalue weighted by atomic mass is 10.2. The molecule has 2 rings (SSSR count). The summed E-state index contributed by atoms with van der Waals surface area (Å²) in [6, 6.07) is 14.0. The van der Waals surface area contributed by atoms with Crippen molar-refractivity contribution in [3.8, 4) is 0 Å². The van der Waals surface area contributed by atoms with Gasteiger partial charge in [-0.25, -0.2) is 0 Å². The number of benzene rings is 2. The average molecular weight is 309 g/mol. The van der Waals surface area contributed by atoms with Crippen LogP contribution in [0.3, 0.4) is 0 Å². The van der Waals surface area contributed by atoms with Gasteiger partial charge in [-0.05, 0) is 41.5 Å². The number of anilines is 1. The molecule has 20 heavy (non-hydrogen) atoms. The maximum absolute atomic E-state index is 6.13. The highest BCUT2D eigenvalue weighted by Crippen LogP contribution is 2.20. The predicted molar refractivity (Wildman–Crippen MR) is 87.8 cm³/mol. The van der Waals surface area contributed by atoms with Crippen LogP contribution in [0.25, 0.3) is 0 Å². The van der Waals surface area contributed by atoms with Gasteiger partial charge < -0.3 is 10.2 Å². The van der Waals surface area contributed by atoms with Gasteiger partial charge in [0.1, 0.15) is 0 Å². The molecule has 0 atom stereocenters. The van der Waals surface area contributed by atoms with E-state index in [1.54, 1.807) is 6.07 Å².